The lowest BCUT2D eigenvalue weighted by molar-refractivity contribution is -0.137. The zero-order valence-electron chi connectivity index (χ0n) is 22.7. The van der Waals surface area contributed by atoms with E-state index in [9.17, 15) is 23.7 Å². The molecule has 3 heterocycles. The fourth-order valence-electron chi connectivity index (χ4n) is 4.94. The fourth-order valence-corrected chi connectivity index (χ4v) is 4.94. The molecule has 1 aliphatic heterocycles. The third-order valence-corrected chi connectivity index (χ3v) is 7.17. The maximum absolute atomic E-state index is 13.9. The number of aromatic nitrogens is 3. The van der Waals surface area contributed by atoms with Crippen molar-refractivity contribution < 1.29 is 22.6 Å². The minimum atomic E-state index is -4.60. The molecule has 0 amide bonds. The van der Waals surface area contributed by atoms with Crippen LogP contribution in [0.15, 0.2) is 67.1 Å². The Morgan fingerprint density at radius 3 is 2.57 bits per heavy atom. The van der Waals surface area contributed by atoms with E-state index in [1.807, 2.05) is 6.07 Å². The first-order valence-electron chi connectivity index (χ1n) is 13.3. The van der Waals surface area contributed by atoms with Crippen LogP contribution in [0.3, 0.4) is 0 Å². The quantitative estimate of drug-likeness (QED) is 0.262. The maximum atomic E-state index is 13.9. The standard InChI is InChI=1S/C31H27F3N6O2/c1-40-19-37-16-28(40)29(42-18-24-9-8-23(14-36)30(39-24)38-15-20-10-11-41-17-20)21-6-7-22(13-35)26(12-21)25-4-2-3-5-27(25)31(32,33)34/h2-9,12,16,19-20,29H,10-11,15,17-18H2,1H3,(H,38,39). The molecule has 0 radical (unpaired) electrons. The number of hydrogen-bond donors (Lipinski definition) is 1. The Morgan fingerprint density at radius 1 is 1.10 bits per heavy atom. The molecule has 8 nitrogen and oxygen atoms in total. The van der Waals surface area contributed by atoms with Crippen molar-refractivity contribution >= 4 is 5.82 Å². The summed E-state index contributed by atoms with van der Waals surface area (Å²) in [6.07, 6.45) is -1.19. The monoisotopic (exact) mass is 572 g/mol. The molecule has 2 aromatic heterocycles. The molecule has 11 heteroatoms. The number of pyridine rings is 1. The first-order chi connectivity index (χ1) is 20.3. The molecule has 5 rings (SSSR count). The molecule has 42 heavy (non-hydrogen) atoms. The van der Waals surface area contributed by atoms with Gasteiger partial charge in [0.2, 0.25) is 0 Å². The number of alkyl halides is 3. The van der Waals surface area contributed by atoms with Crippen molar-refractivity contribution in [3.05, 3.63) is 101 Å². The summed E-state index contributed by atoms with van der Waals surface area (Å²) in [6.45, 7) is 2.03. The molecule has 0 bridgehead atoms. The van der Waals surface area contributed by atoms with Crippen molar-refractivity contribution in [1.82, 2.24) is 14.5 Å². The van der Waals surface area contributed by atoms with Gasteiger partial charge in [0.15, 0.2) is 0 Å². The number of rotatable bonds is 9. The van der Waals surface area contributed by atoms with Gasteiger partial charge in [-0.15, -0.1) is 0 Å². The average Bonchev–Trinajstić information content (AvgIpc) is 3.68. The minimum absolute atomic E-state index is 0.0389. The highest BCUT2D eigenvalue weighted by Crippen LogP contribution is 2.39. The second-order valence-electron chi connectivity index (χ2n) is 10.0. The van der Waals surface area contributed by atoms with E-state index >= 15 is 0 Å². The third-order valence-electron chi connectivity index (χ3n) is 7.17. The zero-order valence-corrected chi connectivity index (χ0v) is 22.7. The molecule has 1 saturated heterocycles. The van der Waals surface area contributed by atoms with Crippen molar-refractivity contribution in [2.75, 3.05) is 25.1 Å². The molecule has 1 fully saturated rings. The summed E-state index contributed by atoms with van der Waals surface area (Å²) in [5, 5.41) is 22.6. The number of nitriles is 2. The van der Waals surface area contributed by atoms with Crippen LogP contribution >= 0.6 is 0 Å². The Hall–Kier alpha value is -4.71. The molecule has 214 valence electrons. The van der Waals surface area contributed by atoms with E-state index < -0.39 is 17.8 Å². The predicted molar refractivity (Wildman–Crippen MR) is 148 cm³/mol. The molecule has 0 spiro atoms. The van der Waals surface area contributed by atoms with Crippen LogP contribution in [0.4, 0.5) is 19.0 Å². The Labute approximate surface area is 241 Å². The van der Waals surface area contributed by atoms with Crippen molar-refractivity contribution in [3.63, 3.8) is 0 Å². The normalized spacial score (nSPS) is 15.6. The van der Waals surface area contributed by atoms with Crippen LogP contribution in [0.5, 0.6) is 0 Å². The molecule has 2 aromatic carbocycles. The van der Waals surface area contributed by atoms with Crippen LogP contribution in [0.1, 0.15) is 46.2 Å². The van der Waals surface area contributed by atoms with E-state index in [1.165, 1.54) is 24.3 Å². The van der Waals surface area contributed by atoms with Gasteiger partial charge in [-0.05, 0) is 47.9 Å². The SMILES string of the molecule is Cn1cncc1C(OCc1ccc(C#N)c(NCC2CCOC2)n1)c1ccc(C#N)c(-c2ccccc2C(F)(F)F)c1. The van der Waals surface area contributed by atoms with Crippen molar-refractivity contribution in [2.24, 2.45) is 13.0 Å². The molecule has 0 saturated carbocycles. The summed E-state index contributed by atoms with van der Waals surface area (Å²) in [7, 11) is 1.79. The second kappa shape index (κ2) is 12.4. The first kappa shape index (κ1) is 28.8. The minimum Gasteiger partial charge on any atom is -0.381 e. The summed E-state index contributed by atoms with van der Waals surface area (Å²) < 4.78 is 55.2. The van der Waals surface area contributed by atoms with Gasteiger partial charge in [0.05, 0.1) is 59.9 Å². The molecule has 1 aliphatic rings. The van der Waals surface area contributed by atoms with Crippen molar-refractivity contribution in [1.29, 1.82) is 10.5 Å². The van der Waals surface area contributed by atoms with Gasteiger partial charge in [0.25, 0.3) is 0 Å². The van der Waals surface area contributed by atoms with Gasteiger partial charge in [-0.1, -0.05) is 24.3 Å². The summed E-state index contributed by atoms with van der Waals surface area (Å²) in [5.74, 6) is 0.785. The van der Waals surface area contributed by atoms with Gasteiger partial charge >= 0.3 is 6.18 Å². The van der Waals surface area contributed by atoms with Crippen LogP contribution in [0.25, 0.3) is 11.1 Å². The molecular formula is C31H27F3N6O2. The summed E-state index contributed by atoms with van der Waals surface area (Å²) in [4.78, 5) is 8.81. The third kappa shape index (κ3) is 6.28. The largest absolute Gasteiger partial charge is 0.417 e. The lowest BCUT2D eigenvalue weighted by atomic mass is 9.92. The number of nitrogens with one attached hydrogen (secondary N) is 1. The number of anilines is 1. The lowest BCUT2D eigenvalue weighted by Gasteiger charge is -2.21. The van der Waals surface area contributed by atoms with Gasteiger partial charge in [0.1, 0.15) is 18.0 Å². The number of imidazole rings is 1. The predicted octanol–water partition coefficient (Wildman–Crippen LogP) is 6.00. The smallest absolute Gasteiger partial charge is 0.381 e. The van der Waals surface area contributed by atoms with Crippen molar-refractivity contribution in [3.8, 4) is 23.3 Å². The molecular weight excluding hydrogens is 545 g/mol. The summed E-state index contributed by atoms with van der Waals surface area (Å²) in [5.41, 5.74) is 1.49. The Morgan fingerprint density at radius 2 is 1.88 bits per heavy atom. The van der Waals surface area contributed by atoms with E-state index in [-0.39, 0.29) is 23.3 Å². The summed E-state index contributed by atoms with van der Waals surface area (Å²) in [6, 6.07) is 17.4. The fraction of sp³-hybridized carbons (Fsp3) is 0.290. The molecule has 2 unspecified atom stereocenters. The molecule has 0 aliphatic carbocycles. The number of ether oxygens (including phenoxy) is 2. The highest BCUT2D eigenvalue weighted by molar-refractivity contribution is 5.74. The molecule has 2 atom stereocenters. The van der Waals surface area contributed by atoms with Gasteiger partial charge in [0, 0.05) is 31.7 Å². The Bertz CT molecular complexity index is 1650. The summed E-state index contributed by atoms with van der Waals surface area (Å²) >= 11 is 0. The van der Waals surface area contributed by atoms with Crippen LogP contribution < -0.4 is 5.32 Å². The van der Waals surface area contributed by atoms with Crippen LogP contribution in [-0.2, 0) is 29.3 Å². The lowest BCUT2D eigenvalue weighted by Crippen LogP contribution is -2.16. The van der Waals surface area contributed by atoms with Crippen LogP contribution in [-0.4, -0.2) is 34.3 Å². The van der Waals surface area contributed by atoms with Gasteiger partial charge in [-0.2, -0.15) is 23.7 Å². The highest BCUT2D eigenvalue weighted by Gasteiger charge is 2.34. The Balaban J connectivity index is 1.47. The van der Waals surface area contributed by atoms with Gasteiger partial charge in [-0.25, -0.2) is 9.97 Å². The van der Waals surface area contributed by atoms with E-state index in [1.54, 1.807) is 48.4 Å². The van der Waals surface area contributed by atoms with E-state index in [0.717, 1.165) is 12.5 Å². The van der Waals surface area contributed by atoms with E-state index in [0.29, 0.717) is 54.0 Å². The Kier molecular flexibility index (Phi) is 8.53. The number of halogens is 3. The maximum Gasteiger partial charge on any atom is 0.417 e. The second-order valence-corrected chi connectivity index (χ2v) is 10.0. The molecule has 4 aromatic rings. The number of aryl methyl sites for hydroxylation is 1. The van der Waals surface area contributed by atoms with E-state index in [4.69, 9.17) is 9.47 Å². The zero-order chi connectivity index (χ0) is 29.7. The first-order valence-corrected chi connectivity index (χ1v) is 13.3. The van der Waals surface area contributed by atoms with Crippen LogP contribution in [0, 0.1) is 28.6 Å². The van der Waals surface area contributed by atoms with E-state index in [2.05, 4.69) is 21.4 Å². The van der Waals surface area contributed by atoms with Gasteiger partial charge < -0.3 is 19.4 Å². The molecule has 1 N–H and O–H groups in total. The van der Waals surface area contributed by atoms with Crippen molar-refractivity contribution in [2.45, 2.75) is 25.3 Å². The number of benzene rings is 2. The number of hydrogen-bond acceptors (Lipinski definition) is 7. The number of nitrogens with zero attached hydrogens (tertiary/aromatic N) is 5. The van der Waals surface area contributed by atoms with Gasteiger partial charge in [-0.3, -0.25) is 0 Å². The van der Waals surface area contributed by atoms with Crippen LogP contribution in [0.2, 0.25) is 0 Å². The average molecular weight is 573 g/mol. The topological polar surface area (TPSA) is 109 Å². The highest BCUT2D eigenvalue weighted by atomic mass is 19.4.